The molecule has 0 spiro atoms. The maximum absolute atomic E-state index is 12.9. The van der Waals surface area contributed by atoms with Crippen LogP contribution >= 0.6 is 0 Å². The number of carbonyl (C=O) groups excluding carboxylic acids is 1. The molecule has 7 nitrogen and oxygen atoms in total. The molecule has 3 rings (SSSR count). The van der Waals surface area contributed by atoms with Crippen molar-refractivity contribution in [3.8, 4) is 11.5 Å². The third-order valence-corrected chi connectivity index (χ3v) is 6.51. The Kier molecular flexibility index (Phi) is 6.23. The molecule has 168 valence electrons. The SMILES string of the molecule is COc1ccc([C@@H](C)NC(=O)[C@H]2CN(S(C)(=O)=O)c3cc(C(C)(C)C)ccc3O2)cc1. The van der Waals surface area contributed by atoms with E-state index in [1.165, 1.54) is 4.31 Å². The summed E-state index contributed by atoms with van der Waals surface area (Å²) in [5.74, 6) is 0.734. The quantitative estimate of drug-likeness (QED) is 0.761. The van der Waals surface area contributed by atoms with Crippen LogP contribution in [0.15, 0.2) is 42.5 Å². The highest BCUT2D eigenvalue weighted by atomic mass is 32.2. The summed E-state index contributed by atoms with van der Waals surface area (Å²) in [5, 5.41) is 2.92. The Morgan fingerprint density at radius 2 is 1.84 bits per heavy atom. The number of carbonyl (C=O) groups is 1. The van der Waals surface area contributed by atoms with Gasteiger partial charge >= 0.3 is 0 Å². The van der Waals surface area contributed by atoms with Gasteiger partial charge in [0.25, 0.3) is 5.91 Å². The maximum atomic E-state index is 12.9. The minimum Gasteiger partial charge on any atom is -0.497 e. The van der Waals surface area contributed by atoms with Gasteiger partial charge in [-0.15, -0.1) is 0 Å². The van der Waals surface area contributed by atoms with Crippen molar-refractivity contribution in [3.05, 3.63) is 53.6 Å². The number of amides is 1. The van der Waals surface area contributed by atoms with Gasteiger partial charge in [-0.05, 0) is 47.7 Å². The van der Waals surface area contributed by atoms with Crippen molar-refractivity contribution in [2.24, 2.45) is 0 Å². The summed E-state index contributed by atoms with van der Waals surface area (Å²) in [7, 11) is -2.00. The molecule has 0 saturated heterocycles. The van der Waals surface area contributed by atoms with Crippen molar-refractivity contribution in [1.29, 1.82) is 0 Å². The second-order valence-corrected chi connectivity index (χ2v) is 10.7. The summed E-state index contributed by atoms with van der Waals surface area (Å²) in [6.07, 6.45) is 0.185. The molecule has 1 heterocycles. The lowest BCUT2D eigenvalue weighted by molar-refractivity contribution is -0.128. The van der Waals surface area contributed by atoms with Gasteiger partial charge < -0.3 is 14.8 Å². The molecule has 2 aromatic carbocycles. The highest BCUT2D eigenvalue weighted by molar-refractivity contribution is 7.92. The van der Waals surface area contributed by atoms with E-state index in [0.717, 1.165) is 23.1 Å². The van der Waals surface area contributed by atoms with E-state index in [-0.39, 0.29) is 23.9 Å². The topological polar surface area (TPSA) is 84.9 Å². The van der Waals surface area contributed by atoms with E-state index >= 15 is 0 Å². The molecule has 1 N–H and O–H groups in total. The largest absolute Gasteiger partial charge is 0.497 e. The van der Waals surface area contributed by atoms with Crippen LogP contribution in [0.1, 0.15) is 44.9 Å². The Bertz CT molecular complexity index is 1060. The molecule has 1 amide bonds. The Labute approximate surface area is 184 Å². The number of methoxy groups -OCH3 is 1. The van der Waals surface area contributed by atoms with Crippen LogP contribution in [0.25, 0.3) is 0 Å². The Balaban J connectivity index is 1.84. The minimum absolute atomic E-state index is 0.0827. The molecule has 1 aliphatic heterocycles. The predicted octanol–water partition coefficient (Wildman–Crippen LogP) is 3.40. The summed E-state index contributed by atoms with van der Waals surface area (Å²) in [4.78, 5) is 12.9. The highest BCUT2D eigenvalue weighted by Crippen LogP contribution is 2.38. The van der Waals surface area contributed by atoms with Crippen LogP contribution in [-0.4, -0.2) is 40.3 Å². The van der Waals surface area contributed by atoms with Gasteiger partial charge in [-0.1, -0.05) is 39.0 Å². The van der Waals surface area contributed by atoms with Crippen molar-refractivity contribution >= 4 is 21.6 Å². The first-order valence-corrected chi connectivity index (χ1v) is 12.0. The monoisotopic (exact) mass is 446 g/mol. The van der Waals surface area contributed by atoms with Gasteiger partial charge in [0, 0.05) is 0 Å². The number of fused-ring (bicyclic) bond motifs is 1. The maximum Gasteiger partial charge on any atom is 0.263 e. The smallest absolute Gasteiger partial charge is 0.263 e. The Morgan fingerprint density at radius 3 is 2.39 bits per heavy atom. The molecule has 31 heavy (non-hydrogen) atoms. The van der Waals surface area contributed by atoms with Gasteiger partial charge in [-0.25, -0.2) is 8.42 Å². The number of ether oxygens (including phenoxy) is 2. The minimum atomic E-state index is -3.60. The normalized spacial score (nSPS) is 17.4. The van der Waals surface area contributed by atoms with Gasteiger partial charge in [-0.3, -0.25) is 9.10 Å². The van der Waals surface area contributed by atoms with E-state index in [2.05, 4.69) is 26.1 Å². The second kappa shape index (κ2) is 8.42. The first-order valence-electron chi connectivity index (χ1n) is 10.1. The summed E-state index contributed by atoms with van der Waals surface area (Å²) in [5.41, 5.74) is 2.20. The fourth-order valence-corrected chi connectivity index (χ4v) is 4.36. The number of nitrogens with one attached hydrogen (secondary N) is 1. The molecule has 2 aromatic rings. The summed E-state index contributed by atoms with van der Waals surface area (Å²) in [6, 6.07) is 12.6. The molecular weight excluding hydrogens is 416 g/mol. The van der Waals surface area contributed by atoms with Gasteiger partial charge in [-0.2, -0.15) is 0 Å². The van der Waals surface area contributed by atoms with Crippen molar-refractivity contribution in [2.75, 3.05) is 24.2 Å². The van der Waals surface area contributed by atoms with E-state index < -0.39 is 16.1 Å². The third-order valence-electron chi connectivity index (χ3n) is 5.36. The van der Waals surface area contributed by atoms with Crippen molar-refractivity contribution < 1.29 is 22.7 Å². The summed E-state index contributed by atoms with van der Waals surface area (Å²) >= 11 is 0. The standard InChI is InChI=1S/C23H30N2O5S/c1-15(16-7-10-18(29-5)11-8-16)24-22(26)21-14-25(31(6,27)28)19-13-17(23(2,3)4)9-12-20(19)30-21/h7-13,15,21H,14H2,1-6H3,(H,24,26)/t15-,21-/m1/s1. The molecule has 0 bridgehead atoms. The van der Waals surface area contributed by atoms with Gasteiger partial charge in [0.15, 0.2) is 6.10 Å². The summed E-state index contributed by atoms with van der Waals surface area (Å²) in [6.45, 7) is 7.95. The van der Waals surface area contributed by atoms with E-state index in [9.17, 15) is 13.2 Å². The molecule has 0 fully saturated rings. The first-order chi connectivity index (χ1) is 14.4. The average molecular weight is 447 g/mol. The fraction of sp³-hybridized carbons (Fsp3) is 0.435. The van der Waals surface area contributed by atoms with Crippen molar-refractivity contribution in [2.45, 2.75) is 45.3 Å². The van der Waals surface area contributed by atoms with Gasteiger partial charge in [0.05, 0.1) is 31.6 Å². The van der Waals surface area contributed by atoms with Crippen LogP contribution in [0.3, 0.4) is 0 Å². The number of benzene rings is 2. The zero-order chi connectivity index (χ0) is 23.0. The van der Waals surface area contributed by atoms with E-state index in [1.807, 2.05) is 43.3 Å². The predicted molar refractivity (Wildman–Crippen MR) is 121 cm³/mol. The van der Waals surface area contributed by atoms with E-state index in [1.54, 1.807) is 13.2 Å². The molecule has 0 saturated carbocycles. The summed E-state index contributed by atoms with van der Waals surface area (Å²) < 4.78 is 37.4. The lowest BCUT2D eigenvalue weighted by atomic mass is 9.86. The number of hydrogen-bond acceptors (Lipinski definition) is 5. The van der Waals surface area contributed by atoms with E-state index in [0.29, 0.717) is 11.4 Å². The van der Waals surface area contributed by atoms with E-state index in [4.69, 9.17) is 9.47 Å². The van der Waals surface area contributed by atoms with Crippen molar-refractivity contribution in [1.82, 2.24) is 5.32 Å². The zero-order valence-electron chi connectivity index (χ0n) is 18.8. The molecule has 8 heteroatoms. The van der Waals surface area contributed by atoms with Crippen molar-refractivity contribution in [3.63, 3.8) is 0 Å². The molecule has 0 radical (unpaired) electrons. The lowest BCUT2D eigenvalue weighted by Gasteiger charge is -2.35. The Morgan fingerprint density at radius 1 is 1.19 bits per heavy atom. The molecule has 1 aliphatic rings. The van der Waals surface area contributed by atoms with Crippen LogP contribution in [0.4, 0.5) is 5.69 Å². The number of sulfonamides is 1. The average Bonchev–Trinajstić information content (AvgIpc) is 2.71. The van der Waals surface area contributed by atoms with Gasteiger partial charge in [0.1, 0.15) is 11.5 Å². The molecular formula is C23H30N2O5S. The number of nitrogens with zero attached hydrogens (tertiary/aromatic N) is 1. The fourth-order valence-electron chi connectivity index (χ4n) is 3.45. The lowest BCUT2D eigenvalue weighted by Crippen LogP contribution is -2.50. The molecule has 2 atom stereocenters. The van der Waals surface area contributed by atoms with Crippen LogP contribution in [0, 0.1) is 0 Å². The van der Waals surface area contributed by atoms with Crippen LogP contribution in [-0.2, 0) is 20.2 Å². The second-order valence-electron chi connectivity index (χ2n) is 8.84. The number of rotatable bonds is 5. The first kappa shape index (κ1) is 22.9. The third kappa shape index (κ3) is 5.12. The zero-order valence-corrected chi connectivity index (χ0v) is 19.6. The molecule has 0 unspecified atom stereocenters. The highest BCUT2D eigenvalue weighted by Gasteiger charge is 2.36. The van der Waals surface area contributed by atoms with Crippen LogP contribution in [0.5, 0.6) is 11.5 Å². The Hall–Kier alpha value is -2.74. The molecule has 0 aliphatic carbocycles. The van der Waals surface area contributed by atoms with Crippen LogP contribution in [0.2, 0.25) is 0 Å². The van der Waals surface area contributed by atoms with Crippen LogP contribution < -0.4 is 19.1 Å². The molecule has 0 aromatic heterocycles. The number of hydrogen-bond donors (Lipinski definition) is 1. The van der Waals surface area contributed by atoms with Gasteiger partial charge in [0.2, 0.25) is 10.0 Å². The number of anilines is 1.